The molecule has 0 saturated carbocycles. The smallest absolute Gasteiger partial charge is 0.404 e. The van der Waals surface area contributed by atoms with E-state index < -0.39 is 57.4 Å². The Kier molecular flexibility index (Phi) is 8.91. The molecule has 11 nitrogen and oxygen atoms in total. The number of alkyl halides is 3. The number of H-pyrrole nitrogens is 1. The summed E-state index contributed by atoms with van der Waals surface area (Å²) in [5, 5.41) is 14.0. The van der Waals surface area contributed by atoms with Gasteiger partial charge in [-0.2, -0.15) is 13.2 Å². The van der Waals surface area contributed by atoms with E-state index in [0.717, 1.165) is 6.07 Å². The van der Waals surface area contributed by atoms with Crippen LogP contribution in [-0.2, 0) is 15.4 Å². The number of nitrogens with one attached hydrogen (secondary N) is 4. The third-order valence-electron chi connectivity index (χ3n) is 5.44. The summed E-state index contributed by atoms with van der Waals surface area (Å²) in [6, 6.07) is 4.87. The maximum Gasteiger partial charge on any atom is 0.404 e. The molecule has 0 fully saturated rings. The Morgan fingerprint density at radius 3 is 2.48 bits per heavy atom. The predicted octanol–water partition coefficient (Wildman–Crippen LogP) is 4.73. The van der Waals surface area contributed by atoms with Crippen LogP contribution in [0.2, 0.25) is 0 Å². The van der Waals surface area contributed by atoms with E-state index in [1.807, 2.05) is 25.5 Å². The van der Waals surface area contributed by atoms with Crippen LogP contribution >= 0.6 is 0 Å². The van der Waals surface area contributed by atoms with E-state index in [4.69, 9.17) is 5.11 Å². The van der Waals surface area contributed by atoms with Gasteiger partial charge in [0.1, 0.15) is 11.5 Å². The number of aromatic amines is 1. The Bertz CT molecular complexity index is 1470. The van der Waals surface area contributed by atoms with Crippen LogP contribution in [0.25, 0.3) is 22.6 Å². The van der Waals surface area contributed by atoms with Gasteiger partial charge in [0.05, 0.1) is 29.2 Å². The summed E-state index contributed by atoms with van der Waals surface area (Å²) < 4.78 is 79.6. The van der Waals surface area contributed by atoms with Gasteiger partial charge in [0.2, 0.25) is 16.0 Å². The Balaban J connectivity index is 2.01. The number of nitrogens with zero attached hydrogens (tertiary/aromatic N) is 3. The van der Waals surface area contributed by atoms with Gasteiger partial charge >= 0.3 is 12.3 Å². The van der Waals surface area contributed by atoms with Crippen molar-refractivity contribution in [2.45, 2.75) is 51.7 Å². The van der Waals surface area contributed by atoms with Gasteiger partial charge in [0.25, 0.3) is 0 Å². The summed E-state index contributed by atoms with van der Waals surface area (Å²) in [7, 11) is -4.51. The Morgan fingerprint density at radius 2 is 1.85 bits per heavy atom. The normalized spacial score (nSPS) is 13.1. The van der Waals surface area contributed by atoms with Crippen molar-refractivity contribution in [2.75, 3.05) is 22.3 Å². The molecule has 5 N–H and O–H groups in total. The van der Waals surface area contributed by atoms with Gasteiger partial charge < -0.3 is 20.7 Å². The minimum atomic E-state index is -4.70. The maximum atomic E-state index is 15.7. The third-order valence-corrected chi connectivity index (χ3v) is 6.71. The lowest BCUT2D eigenvalue weighted by Gasteiger charge is -2.14. The van der Waals surface area contributed by atoms with Crippen molar-refractivity contribution < 1.29 is 35.9 Å². The van der Waals surface area contributed by atoms with Gasteiger partial charge in [-0.1, -0.05) is 26.8 Å². The first kappa shape index (κ1) is 30.6. The predicted molar refractivity (Wildman–Crippen MR) is 141 cm³/mol. The number of amides is 1. The molecule has 0 aliphatic rings. The van der Waals surface area contributed by atoms with E-state index in [0.29, 0.717) is 11.5 Å². The largest absolute Gasteiger partial charge is 0.465 e. The van der Waals surface area contributed by atoms with Crippen LogP contribution in [0.5, 0.6) is 0 Å². The fraction of sp³-hybridized carbons (Fsp3) is 0.417. The summed E-state index contributed by atoms with van der Waals surface area (Å²) in [6.45, 7) is 7.41. The standard InChI is InChI=1S/C24H29F4N7O4S/c1-13(31-22(36)37)12-30-21-29-10-8-16(32-21)19-18(33-20(34-19)23(2,3)4)14-6-5-7-15(17(14)25)35-40(38,39)11-9-24(26,27)28/h5-8,10,13,31,35H,9,11-12H2,1-4H3,(H,33,34)(H,36,37)(H,29,30,32). The van der Waals surface area contributed by atoms with Gasteiger partial charge in [-0.15, -0.1) is 0 Å². The first-order valence-electron chi connectivity index (χ1n) is 12.0. The second kappa shape index (κ2) is 11.7. The van der Waals surface area contributed by atoms with E-state index in [2.05, 4.69) is 30.6 Å². The number of aromatic nitrogens is 4. The average molecular weight is 588 g/mol. The molecule has 0 saturated heterocycles. The van der Waals surface area contributed by atoms with E-state index in [9.17, 15) is 26.4 Å². The van der Waals surface area contributed by atoms with Crippen LogP contribution in [0, 0.1) is 5.82 Å². The van der Waals surface area contributed by atoms with Crippen LogP contribution < -0.4 is 15.4 Å². The molecule has 16 heteroatoms. The molecular weight excluding hydrogens is 558 g/mol. The van der Waals surface area contributed by atoms with Crippen LogP contribution in [0.15, 0.2) is 30.5 Å². The first-order valence-corrected chi connectivity index (χ1v) is 13.6. The molecule has 0 bridgehead atoms. The number of hydrogen-bond acceptors (Lipinski definition) is 7. The van der Waals surface area contributed by atoms with Crippen molar-refractivity contribution in [3.8, 4) is 22.6 Å². The van der Waals surface area contributed by atoms with Crippen LogP contribution in [0.1, 0.15) is 39.9 Å². The molecule has 2 aromatic heterocycles. The Morgan fingerprint density at radius 1 is 1.15 bits per heavy atom. The topological polar surface area (TPSA) is 162 Å². The zero-order valence-corrected chi connectivity index (χ0v) is 22.8. The molecule has 0 aliphatic carbocycles. The van der Waals surface area contributed by atoms with Gasteiger partial charge in [0, 0.05) is 29.8 Å². The minimum absolute atomic E-state index is 0.0873. The fourth-order valence-electron chi connectivity index (χ4n) is 3.46. The Labute approximate surface area is 227 Å². The summed E-state index contributed by atoms with van der Waals surface area (Å²) in [5.41, 5.74) is -0.509. The van der Waals surface area contributed by atoms with Gasteiger partial charge in [-0.05, 0) is 25.1 Å². The van der Waals surface area contributed by atoms with Crippen molar-refractivity contribution in [1.82, 2.24) is 25.3 Å². The molecule has 218 valence electrons. The molecule has 2 heterocycles. The van der Waals surface area contributed by atoms with Crippen molar-refractivity contribution in [3.05, 3.63) is 42.1 Å². The number of rotatable bonds is 10. The zero-order valence-electron chi connectivity index (χ0n) is 22.0. The van der Waals surface area contributed by atoms with Gasteiger partial charge in [-0.3, -0.25) is 4.72 Å². The van der Waals surface area contributed by atoms with Crippen molar-refractivity contribution in [1.29, 1.82) is 0 Å². The van der Waals surface area contributed by atoms with E-state index in [1.165, 1.54) is 24.4 Å². The monoisotopic (exact) mass is 587 g/mol. The lowest BCUT2D eigenvalue weighted by molar-refractivity contribution is -0.129. The third kappa shape index (κ3) is 8.27. The summed E-state index contributed by atoms with van der Waals surface area (Å²) in [6.07, 6.45) is -6.04. The van der Waals surface area contributed by atoms with Crippen LogP contribution in [-0.4, -0.2) is 64.1 Å². The zero-order chi connectivity index (χ0) is 29.9. The SMILES string of the molecule is CC(CNc1nccc(-c2[nH]c(C(C)(C)C)nc2-c2cccc(NS(=O)(=O)CCC(F)(F)F)c2F)n1)NC(=O)O. The maximum absolute atomic E-state index is 15.7. The summed E-state index contributed by atoms with van der Waals surface area (Å²) in [4.78, 5) is 27.1. The quantitative estimate of drug-likeness (QED) is 0.213. The number of hydrogen-bond donors (Lipinski definition) is 5. The Hall–Kier alpha value is -3.95. The fourth-order valence-corrected chi connectivity index (χ4v) is 4.56. The highest BCUT2D eigenvalue weighted by Crippen LogP contribution is 2.36. The van der Waals surface area contributed by atoms with Crippen molar-refractivity contribution in [2.24, 2.45) is 0 Å². The van der Waals surface area contributed by atoms with Crippen molar-refractivity contribution >= 4 is 27.8 Å². The molecule has 3 rings (SSSR count). The molecule has 3 aromatic rings. The minimum Gasteiger partial charge on any atom is -0.465 e. The highest BCUT2D eigenvalue weighted by Gasteiger charge is 2.31. The molecular formula is C24H29F4N7O4S. The molecule has 1 amide bonds. The first-order chi connectivity index (χ1) is 18.4. The molecule has 1 unspecified atom stereocenters. The molecule has 0 spiro atoms. The highest BCUT2D eigenvalue weighted by molar-refractivity contribution is 7.92. The number of imidazole rings is 1. The lowest BCUT2D eigenvalue weighted by Crippen LogP contribution is -2.36. The van der Waals surface area contributed by atoms with Crippen LogP contribution in [0.4, 0.5) is 34.0 Å². The van der Waals surface area contributed by atoms with E-state index >= 15 is 4.39 Å². The molecule has 0 radical (unpaired) electrons. The van der Waals surface area contributed by atoms with Crippen molar-refractivity contribution in [3.63, 3.8) is 0 Å². The molecule has 40 heavy (non-hydrogen) atoms. The van der Waals surface area contributed by atoms with Gasteiger partial charge in [-0.25, -0.2) is 32.6 Å². The van der Waals surface area contributed by atoms with E-state index in [-0.39, 0.29) is 29.4 Å². The highest BCUT2D eigenvalue weighted by atomic mass is 32.2. The second-order valence-corrected chi connectivity index (χ2v) is 11.9. The number of anilines is 2. The summed E-state index contributed by atoms with van der Waals surface area (Å²) in [5.74, 6) is -1.69. The number of carbonyl (C=O) groups is 1. The lowest BCUT2D eigenvalue weighted by atomic mass is 9.96. The molecule has 0 aliphatic heterocycles. The van der Waals surface area contributed by atoms with Gasteiger partial charge in [0.15, 0.2) is 5.82 Å². The summed E-state index contributed by atoms with van der Waals surface area (Å²) >= 11 is 0. The molecule has 1 aromatic carbocycles. The number of sulfonamides is 1. The number of halogens is 4. The number of benzene rings is 1. The van der Waals surface area contributed by atoms with Crippen LogP contribution in [0.3, 0.4) is 0 Å². The molecule has 1 atom stereocenters. The average Bonchev–Trinajstić information content (AvgIpc) is 3.28. The number of carboxylic acid groups (broad SMARTS) is 1. The van der Waals surface area contributed by atoms with E-state index in [1.54, 1.807) is 6.92 Å². The second-order valence-electron chi connectivity index (χ2n) is 10.0.